The van der Waals surface area contributed by atoms with Gasteiger partial charge in [0, 0.05) is 41.9 Å². The lowest BCUT2D eigenvalue weighted by atomic mass is 10.0. The van der Waals surface area contributed by atoms with Crippen LogP contribution in [0.25, 0.3) is 33.3 Å². The third-order valence-electron chi connectivity index (χ3n) is 4.94. The van der Waals surface area contributed by atoms with Gasteiger partial charge in [0.05, 0.1) is 31.6 Å². The summed E-state index contributed by atoms with van der Waals surface area (Å²) in [6.45, 7) is 0. The van der Waals surface area contributed by atoms with Crippen molar-refractivity contribution in [2.45, 2.75) is 4.90 Å². The second kappa shape index (κ2) is 8.79. The molecule has 0 aliphatic carbocycles. The molecule has 1 atom stereocenters. The van der Waals surface area contributed by atoms with Crippen molar-refractivity contribution in [3.8, 4) is 33.9 Å². The molecule has 1 N–H and O–H groups in total. The van der Waals surface area contributed by atoms with E-state index >= 15 is 0 Å². The summed E-state index contributed by atoms with van der Waals surface area (Å²) in [5.41, 5.74) is 4.26. The highest BCUT2D eigenvalue weighted by atomic mass is 32.2. The smallest absolute Gasteiger partial charge is 0.223 e. The summed E-state index contributed by atoms with van der Waals surface area (Å²) < 4.78 is 22.8. The molecule has 0 amide bonds. The van der Waals surface area contributed by atoms with Crippen LogP contribution in [0.3, 0.4) is 0 Å². The maximum atomic E-state index is 11.9. The molecule has 0 bridgehead atoms. The Bertz CT molecular complexity index is 1250. The van der Waals surface area contributed by atoms with E-state index in [0.717, 1.165) is 33.3 Å². The fraction of sp³-hybridized carbons (Fsp3) is 0.174. The molecule has 0 aliphatic rings. The lowest BCUT2D eigenvalue weighted by Gasteiger charge is -2.13. The maximum absolute atomic E-state index is 11.9. The zero-order chi connectivity index (χ0) is 22.0. The van der Waals surface area contributed by atoms with Gasteiger partial charge in [-0.15, -0.1) is 0 Å². The van der Waals surface area contributed by atoms with Crippen molar-refractivity contribution in [3.63, 3.8) is 0 Å². The number of hydrogen-bond donors (Lipinski definition) is 1. The number of ether oxygens (including phenoxy) is 2. The number of methoxy groups -OCH3 is 2. The molecule has 0 fully saturated rings. The quantitative estimate of drug-likeness (QED) is 0.456. The first-order valence-electron chi connectivity index (χ1n) is 9.55. The highest BCUT2D eigenvalue weighted by Gasteiger charge is 2.15. The van der Waals surface area contributed by atoms with Gasteiger partial charge in [0.1, 0.15) is 6.26 Å². The molecule has 31 heavy (non-hydrogen) atoms. The number of nitrogens with one attached hydrogen (secondary N) is 1. The maximum Gasteiger partial charge on any atom is 0.223 e. The SMILES string of the molecule is CNc1nc(-c2cccc(-c3cncc([S+](C)[O-])c3)c2)c2cc(OC)c(OC)cc2n1. The first-order chi connectivity index (χ1) is 15.0. The normalized spacial score (nSPS) is 11.9. The van der Waals surface area contributed by atoms with E-state index in [9.17, 15) is 4.55 Å². The van der Waals surface area contributed by atoms with Crippen LogP contribution in [0.4, 0.5) is 5.95 Å². The summed E-state index contributed by atoms with van der Waals surface area (Å²) in [5, 5.41) is 3.87. The van der Waals surface area contributed by atoms with Crippen LogP contribution in [0.15, 0.2) is 59.8 Å². The summed E-state index contributed by atoms with van der Waals surface area (Å²) >= 11 is -1.10. The minimum absolute atomic E-state index is 0.505. The van der Waals surface area contributed by atoms with Crippen LogP contribution in [0.5, 0.6) is 11.5 Å². The third-order valence-corrected chi connectivity index (χ3v) is 5.83. The first-order valence-corrected chi connectivity index (χ1v) is 11.1. The second-order valence-corrected chi connectivity index (χ2v) is 8.19. The number of rotatable bonds is 6. The standard InChI is InChI=1S/C23H22N4O3S/c1-24-23-26-19-11-21(30-3)20(29-2)10-18(19)22(27-23)15-7-5-6-14(8-15)16-9-17(31(4)28)13-25-12-16/h5-13H,1-4H3,(H,24,26,27). The molecule has 7 nitrogen and oxygen atoms in total. The molecule has 4 rings (SSSR count). The van der Waals surface area contributed by atoms with Crippen molar-refractivity contribution >= 4 is 28.0 Å². The molecule has 2 aromatic heterocycles. The number of nitrogens with zero attached hydrogens (tertiary/aromatic N) is 3. The number of pyridine rings is 1. The molecule has 2 heterocycles. The summed E-state index contributed by atoms with van der Waals surface area (Å²) in [4.78, 5) is 14.2. The average molecular weight is 435 g/mol. The van der Waals surface area contributed by atoms with E-state index in [0.29, 0.717) is 22.3 Å². The number of hydrogen-bond acceptors (Lipinski definition) is 7. The van der Waals surface area contributed by atoms with Crippen molar-refractivity contribution in [2.24, 2.45) is 0 Å². The van der Waals surface area contributed by atoms with Gasteiger partial charge in [-0.1, -0.05) is 18.2 Å². The van der Waals surface area contributed by atoms with Crippen LogP contribution < -0.4 is 14.8 Å². The lowest BCUT2D eigenvalue weighted by molar-refractivity contribution is 0.356. The highest BCUT2D eigenvalue weighted by molar-refractivity contribution is 7.90. The van der Waals surface area contributed by atoms with Crippen LogP contribution in [0.2, 0.25) is 0 Å². The Kier molecular flexibility index (Phi) is 5.92. The van der Waals surface area contributed by atoms with Gasteiger partial charge in [0.25, 0.3) is 0 Å². The van der Waals surface area contributed by atoms with Crippen LogP contribution in [-0.2, 0) is 11.2 Å². The van der Waals surface area contributed by atoms with E-state index in [-0.39, 0.29) is 0 Å². The molecule has 0 saturated carbocycles. The monoisotopic (exact) mass is 434 g/mol. The Morgan fingerprint density at radius 1 is 0.903 bits per heavy atom. The van der Waals surface area contributed by atoms with Gasteiger partial charge < -0.3 is 19.3 Å². The molecule has 2 aromatic carbocycles. The lowest BCUT2D eigenvalue weighted by Crippen LogP contribution is -2.00. The number of benzene rings is 2. The van der Waals surface area contributed by atoms with Gasteiger partial charge in [-0.05, 0) is 28.9 Å². The van der Waals surface area contributed by atoms with Crippen molar-refractivity contribution in [1.29, 1.82) is 0 Å². The Morgan fingerprint density at radius 2 is 1.65 bits per heavy atom. The van der Waals surface area contributed by atoms with E-state index in [2.05, 4.69) is 15.3 Å². The first kappa shape index (κ1) is 20.9. The van der Waals surface area contributed by atoms with E-state index in [4.69, 9.17) is 14.5 Å². The second-order valence-electron chi connectivity index (χ2n) is 6.81. The molecule has 4 aromatic rings. The molecule has 8 heteroatoms. The third kappa shape index (κ3) is 4.12. The van der Waals surface area contributed by atoms with Crippen LogP contribution in [0, 0.1) is 0 Å². The topological polar surface area (TPSA) is 92.2 Å². The van der Waals surface area contributed by atoms with E-state index in [1.165, 1.54) is 0 Å². The minimum atomic E-state index is -1.10. The van der Waals surface area contributed by atoms with Crippen molar-refractivity contribution < 1.29 is 14.0 Å². The van der Waals surface area contributed by atoms with E-state index in [1.807, 2.05) is 42.5 Å². The zero-order valence-electron chi connectivity index (χ0n) is 17.7. The Hall–Kier alpha value is -3.36. The summed E-state index contributed by atoms with van der Waals surface area (Å²) in [7, 11) is 4.98. The van der Waals surface area contributed by atoms with Gasteiger partial charge in [0.15, 0.2) is 16.4 Å². The Balaban J connectivity index is 1.90. The number of anilines is 1. The molecule has 1 unspecified atom stereocenters. The largest absolute Gasteiger partial charge is 0.612 e. The predicted octanol–water partition coefficient (Wildman–Crippen LogP) is 4.16. The van der Waals surface area contributed by atoms with Gasteiger partial charge in [-0.2, -0.15) is 0 Å². The van der Waals surface area contributed by atoms with Gasteiger partial charge in [-0.3, -0.25) is 4.98 Å². The minimum Gasteiger partial charge on any atom is -0.612 e. The van der Waals surface area contributed by atoms with Crippen LogP contribution in [0.1, 0.15) is 0 Å². The fourth-order valence-corrected chi connectivity index (χ4v) is 3.87. The molecular formula is C23H22N4O3S. The van der Waals surface area contributed by atoms with Gasteiger partial charge >= 0.3 is 0 Å². The number of fused-ring (bicyclic) bond motifs is 1. The predicted molar refractivity (Wildman–Crippen MR) is 123 cm³/mol. The average Bonchev–Trinajstić information content (AvgIpc) is 2.82. The molecule has 158 valence electrons. The fourth-order valence-electron chi connectivity index (χ4n) is 3.37. The molecular weight excluding hydrogens is 412 g/mol. The van der Waals surface area contributed by atoms with Crippen molar-refractivity contribution in [2.75, 3.05) is 32.8 Å². The summed E-state index contributed by atoms with van der Waals surface area (Å²) in [6.07, 6.45) is 5.03. The van der Waals surface area contributed by atoms with Crippen LogP contribution in [-0.4, -0.2) is 47.0 Å². The van der Waals surface area contributed by atoms with Crippen LogP contribution >= 0.6 is 0 Å². The molecule has 0 radical (unpaired) electrons. The van der Waals surface area contributed by atoms with Gasteiger partial charge in [-0.25, -0.2) is 9.97 Å². The highest BCUT2D eigenvalue weighted by Crippen LogP contribution is 2.37. The number of aromatic nitrogens is 3. The van der Waals surface area contributed by atoms with E-state index < -0.39 is 11.2 Å². The Labute approximate surface area is 183 Å². The summed E-state index contributed by atoms with van der Waals surface area (Å²) in [5.74, 6) is 1.71. The molecule has 0 aliphatic heterocycles. The zero-order valence-corrected chi connectivity index (χ0v) is 18.5. The van der Waals surface area contributed by atoms with E-state index in [1.54, 1.807) is 39.9 Å². The summed E-state index contributed by atoms with van der Waals surface area (Å²) in [6, 6.07) is 13.6. The molecule has 0 spiro atoms. The van der Waals surface area contributed by atoms with Gasteiger partial charge in [0.2, 0.25) is 5.95 Å². The Morgan fingerprint density at radius 3 is 2.35 bits per heavy atom. The van der Waals surface area contributed by atoms with Crippen molar-refractivity contribution in [3.05, 3.63) is 54.9 Å². The molecule has 0 saturated heterocycles. The van der Waals surface area contributed by atoms with Crippen molar-refractivity contribution in [1.82, 2.24) is 15.0 Å².